The Balaban J connectivity index is 2.07. The number of carbonyl (C=O) groups is 1. The Kier molecular flexibility index (Phi) is 4.84. The van der Waals surface area contributed by atoms with E-state index in [-0.39, 0.29) is 18.6 Å². The van der Waals surface area contributed by atoms with Gasteiger partial charge in [0.2, 0.25) is 5.91 Å². The van der Waals surface area contributed by atoms with Crippen molar-refractivity contribution in [2.45, 2.75) is 26.3 Å². The maximum atomic E-state index is 12.2. The van der Waals surface area contributed by atoms with Gasteiger partial charge in [-0.2, -0.15) is 0 Å². The first-order chi connectivity index (χ1) is 9.52. The average Bonchev–Trinajstić information content (AvgIpc) is 2.80. The standard InChI is InChI=1S/C16H20ClNO2/c1-11-3-4-13(9-14(11)17)5-6-16(20)18-8-7-12(2)15(18)10-19/h3-6,9,12,15,19H,7-8,10H2,1-2H3/b6-5+. The lowest BCUT2D eigenvalue weighted by Gasteiger charge is -2.23. The fourth-order valence-electron chi connectivity index (χ4n) is 2.54. The molecule has 4 heteroatoms. The molecule has 0 saturated carbocycles. The molecule has 20 heavy (non-hydrogen) atoms. The van der Waals surface area contributed by atoms with Gasteiger partial charge in [0.1, 0.15) is 0 Å². The number of likely N-dealkylation sites (tertiary alicyclic amines) is 1. The van der Waals surface area contributed by atoms with E-state index in [9.17, 15) is 9.90 Å². The van der Waals surface area contributed by atoms with Gasteiger partial charge in [-0.15, -0.1) is 0 Å². The Hall–Kier alpha value is -1.32. The molecule has 1 amide bonds. The van der Waals surface area contributed by atoms with Gasteiger partial charge in [-0.3, -0.25) is 4.79 Å². The molecule has 0 radical (unpaired) electrons. The molecule has 1 fully saturated rings. The molecule has 0 aromatic heterocycles. The zero-order chi connectivity index (χ0) is 14.7. The van der Waals surface area contributed by atoms with Crippen LogP contribution >= 0.6 is 11.6 Å². The number of hydrogen-bond donors (Lipinski definition) is 1. The smallest absolute Gasteiger partial charge is 0.246 e. The Morgan fingerprint density at radius 3 is 2.95 bits per heavy atom. The van der Waals surface area contributed by atoms with Crippen LogP contribution in [0.3, 0.4) is 0 Å². The van der Waals surface area contributed by atoms with E-state index < -0.39 is 0 Å². The van der Waals surface area contributed by atoms with Gasteiger partial charge in [-0.1, -0.05) is 30.7 Å². The summed E-state index contributed by atoms with van der Waals surface area (Å²) in [6.45, 7) is 4.75. The topological polar surface area (TPSA) is 40.5 Å². The highest BCUT2D eigenvalue weighted by Gasteiger charge is 2.32. The zero-order valence-corrected chi connectivity index (χ0v) is 12.6. The summed E-state index contributed by atoms with van der Waals surface area (Å²) in [6.07, 6.45) is 4.27. The van der Waals surface area contributed by atoms with Gasteiger partial charge in [-0.25, -0.2) is 0 Å². The minimum Gasteiger partial charge on any atom is -0.394 e. The van der Waals surface area contributed by atoms with E-state index in [1.807, 2.05) is 25.1 Å². The highest BCUT2D eigenvalue weighted by atomic mass is 35.5. The number of aryl methyl sites for hydroxylation is 1. The molecular formula is C16H20ClNO2. The van der Waals surface area contributed by atoms with Gasteiger partial charge in [0, 0.05) is 17.6 Å². The minimum absolute atomic E-state index is 0.0249. The molecule has 1 N–H and O–H groups in total. The number of halogens is 1. The van der Waals surface area contributed by atoms with E-state index in [1.54, 1.807) is 17.1 Å². The van der Waals surface area contributed by atoms with E-state index in [2.05, 4.69) is 6.92 Å². The summed E-state index contributed by atoms with van der Waals surface area (Å²) in [7, 11) is 0. The first-order valence-electron chi connectivity index (χ1n) is 6.88. The predicted octanol–water partition coefficient (Wildman–Crippen LogP) is 2.89. The molecule has 2 unspecified atom stereocenters. The van der Waals surface area contributed by atoms with Gasteiger partial charge in [-0.05, 0) is 42.5 Å². The van der Waals surface area contributed by atoms with Crippen molar-refractivity contribution < 1.29 is 9.90 Å². The highest BCUT2D eigenvalue weighted by molar-refractivity contribution is 6.31. The van der Waals surface area contributed by atoms with Gasteiger partial charge in [0.05, 0.1) is 12.6 Å². The normalized spacial score (nSPS) is 22.7. The minimum atomic E-state index is -0.0613. The van der Waals surface area contributed by atoms with Crippen LogP contribution in [0.5, 0.6) is 0 Å². The molecule has 0 bridgehead atoms. The molecule has 3 nitrogen and oxygen atoms in total. The third kappa shape index (κ3) is 3.22. The van der Waals surface area contributed by atoms with Gasteiger partial charge in [0.15, 0.2) is 0 Å². The maximum Gasteiger partial charge on any atom is 0.246 e. The lowest BCUT2D eigenvalue weighted by atomic mass is 10.0. The molecule has 1 aromatic rings. The van der Waals surface area contributed by atoms with E-state index in [1.165, 1.54) is 0 Å². The Morgan fingerprint density at radius 2 is 2.30 bits per heavy atom. The van der Waals surface area contributed by atoms with Gasteiger partial charge < -0.3 is 10.0 Å². The van der Waals surface area contributed by atoms with Crippen LogP contribution in [0, 0.1) is 12.8 Å². The SMILES string of the molecule is Cc1ccc(/C=C/C(=O)N2CCC(C)C2CO)cc1Cl. The van der Waals surface area contributed by atoms with Crippen LogP contribution in [0.4, 0.5) is 0 Å². The molecule has 108 valence electrons. The summed E-state index contributed by atoms with van der Waals surface area (Å²) in [5.74, 6) is 0.302. The van der Waals surface area contributed by atoms with E-state index in [0.717, 1.165) is 17.5 Å². The Morgan fingerprint density at radius 1 is 1.55 bits per heavy atom. The molecule has 2 atom stereocenters. The first-order valence-corrected chi connectivity index (χ1v) is 7.26. The second kappa shape index (κ2) is 6.42. The van der Waals surface area contributed by atoms with Crippen LogP contribution in [0.15, 0.2) is 24.3 Å². The van der Waals surface area contributed by atoms with Crippen molar-refractivity contribution in [3.05, 3.63) is 40.4 Å². The summed E-state index contributed by atoms with van der Waals surface area (Å²) < 4.78 is 0. The number of amides is 1. The molecular weight excluding hydrogens is 274 g/mol. The predicted molar refractivity (Wildman–Crippen MR) is 81.6 cm³/mol. The van der Waals surface area contributed by atoms with Crippen molar-refractivity contribution in [2.24, 2.45) is 5.92 Å². The highest BCUT2D eigenvalue weighted by Crippen LogP contribution is 2.24. The molecule has 1 aliphatic rings. The average molecular weight is 294 g/mol. The number of hydrogen-bond acceptors (Lipinski definition) is 2. The van der Waals surface area contributed by atoms with Crippen LogP contribution in [-0.4, -0.2) is 35.1 Å². The van der Waals surface area contributed by atoms with Crippen LogP contribution < -0.4 is 0 Å². The van der Waals surface area contributed by atoms with Crippen LogP contribution in [0.2, 0.25) is 5.02 Å². The van der Waals surface area contributed by atoms with Crippen molar-refractivity contribution in [3.8, 4) is 0 Å². The number of aliphatic hydroxyl groups excluding tert-OH is 1. The van der Waals surface area contributed by atoms with Crippen molar-refractivity contribution in [1.29, 1.82) is 0 Å². The number of benzene rings is 1. The van der Waals surface area contributed by atoms with Crippen LogP contribution in [0.25, 0.3) is 6.08 Å². The van der Waals surface area contributed by atoms with Gasteiger partial charge in [0.25, 0.3) is 0 Å². The molecule has 1 aliphatic heterocycles. The first kappa shape index (κ1) is 15.1. The summed E-state index contributed by atoms with van der Waals surface area (Å²) in [4.78, 5) is 13.9. The lowest BCUT2D eigenvalue weighted by molar-refractivity contribution is -0.127. The Labute approximate surface area is 124 Å². The third-order valence-corrected chi connectivity index (χ3v) is 4.37. The zero-order valence-electron chi connectivity index (χ0n) is 11.8. The quantitative estimate of drug-likeness (QED) is 0.871. The van der Waals surface area contributed by atoms with E-state index in [4.69, 9.17) is 11.6 Å². The van der Waals surface area contributed by atoms with Crippen molar-refractivity contribution >= 4 is 23.6 Å². The van der Waals surface area contributed by atoms with Crippen molar-refractivity contribution in [2.75, 3.05) is 13.2 Å². The number of carbonyl (C=O) groups excluding carboxylic acids is 1. The van der Waals surface area contributed by atoms with Gasteiger partial charge >= 0.3 is 0 Å². The van der Waals surface area contributed by atoms with Crippen molar-refractivity contribution in [1.82, 2.24) is 4.90 Å². The summed E-state index contributed by atoms with van der Waals surface area (Å²) in [5, 5.41) is 10.1. The summed E-state index contributed by atoms with van der Waals surface area (Å²) in [6, 6.07) is 5.65. The van der Waals surface area contributed by atoms with E-state index >= 15 is 0 Å². The molecule has 0 spiro atoms. The Bertz CT molecular complexity index is 527. The number of nitrogens with zero attached hydrogens (tertiary/aromatic N) is 1. The maximum absolute atomic E-state index is 12.2. The lowest BCUT2D eigenvalue weighted by Crippen LogP contribution is -2.38. The second-order valence-corrected chi connectivity index (χ2v) is 5.80. The number of rotatable bonds is 3. The monoisotopic (exact) mass is 293 g/mol. The molecule has 1 heterocycles. The number of aliphatic hydroxyl groups is 1. The fraction of sp³-hybridized carbons (Fsp3) is 0.438. The summed E-state index contributed by atoms with van der Waals surface area (Å²) >= 11 is 6.06. The molecule has 1 saturated heterocycles. The fourth-order valence-corrected chi connectivity index (χ4v) is 2.73. The van der Waals surface area contributed by atoms with Crippen molar-refractivity contribution in [3.63, 3.8) is 0 Å². The van der Waals surface area contributed by atoms with Crippen LogP contribution in [-0.2, 0) is 4.79 Å². The largest absolute Gasteiger partial charge is 0.394 e. The third-order valence-electron chi connectivity index (χ3n) is 3.97. The molecule has 0 aliphatic carbocycles. The molecule has 1 aromatic carbocycles. The second-order valence-electron chi connectivity index (χ2n) is 5.39. The summed E-state index contributed by atoms with van der Waals surface area (Å²) in [5.41, 5.74) is 1.92. The van der Waals surface area contributed by atoms with E-state index in [0.29, 0.717) is 17.5 Å². The van der Waals surface area contributed by atoms with Crippen LogP contribution in [0.1, 0.15) is 24.5 Å². The molecule has 2 rings (SSSR count).